The lowest BCUT2D eigenvalue weighted by Crippen LogP contribution is -2.08. The molecule has 0 spiro atoms. The van der Waals surface area contributed by atoms with E-state index in [0.29, 0.717) is 5.56 Å². The van der Waals surface area contributed by atoms with Crippen molar-refractivity contribution < 1.29 is 14.3 Å². The fraction of sp³-hybridized carbons (Fsp3) is 0.381. The number of ether oxygens (including phenoxy) is 2. The van der Waals surface area contributed by atoms with Gasteiger partial charge in [-0.2, -0.15) is 0 Å². The van der Waals surface area contributed by atoms with Gasteiger partial charge in [-0.3, -0.25) is 0 Å². The van der Waals surface area contributed by atoms with Crippen molar-refractivity contribution in [2.75, 3.05) is 7.11 Å². The SMILES string of the molecule is COC(=O)c1ccc(Oc2ccc(C3C[C@@H]4CC[C@H]3C4)cc2)cc1. The van der Waals surface area contributed by atoms with Crippen molar-refractivity contribution in [1.29, 1.82) is 0 Å². The molecule has 0 radical (unpaired) electrons. The van der Waals surface area contributed by atoms with Crippen LogP contribution in [0.1, 0.15) is 47.5 Å². The third-order valence-corrected chi connectivity index (χ3v) is 5.56. The summed E-state index contributed by atoms with van der Waals surface area (Å²) >= 11 is 0. The summed E-state index contributed by atoms with van der Waals surface area (Å²) in [4.78, 5) is 11.4. The predicted molar refractivity (Wildman–Crippen MR) is 92.5 cm³/mol. The Morgan fingerprint density at radius 1 is 0.917 bits per heavy atom. The Hall–Kier alpha value is -2.29. The summed E-state index contributed by atoms with van der Waals surface area (Å²) in [6.45, 7) is 0. The van der Waals surface area contributed by atoms with E-state index in [1.54, 1.807) is 24.3 Å². The van der Waals surface area contributed by atoms with Crippen molar-refractivity contribution in [2.24, 2.45) is 11.8 Å². The van der Waals surface area contributed by atoms with Crippen LogP contribution >= 0.6 is 0 Å². The quantitative estimate of drug-likeness (QED) is 0.729. The number of fused-ring (bicyclic) bond motifs is 2. The maximum Gasteiger partial charge on any atom is 0.337 e. The molecule has 1 unspecified atom stereocenters. The molecule has 2 bridgehead atoms. The molecular formula is C21H22O3. The van der Waals surface area contributed by atoms with Gasteiger partial charge in [0.15, 0.2) is 0 Å². The van der Waals surface area contributed by atoms with Crippen LogP contribution in [0.2, 0.25) is 0 Å². The topological polar surface area (TPSA) is 35.5 Å². The number of hydrogen-bond acceptors (Lipinski definition) is 3. The van der Waals surface area contributed by atoms with Gasteiger partial charge in [0, 0.05) is 0 Å². The van der Waals surface area contributed by atoms with Crippen LogP contribution in [0, 0.1) is 11.8 Å². The summed E-state index contributed by atoms with van der Waals surface area (Å²) < 4.78 is 10.6. The summed E-state index contributed by atoms with van der Waals surface area (Å²) in [5, 5.41) is 0. The van der Waals surface area contributed by atoms with Gasteiger partial charge in [-0.05, 0) is 79.0 Å². The lowest BCUT2D eigenvalue weighted by atomic mass is 9.83. The zero-order chi connectivity index (χ0) is 16.5. The molecule has 0 heterocycles. The molecule has 2 fully saturated rings. The lowest BCUT2D eigenvalue weighted by Gasteiger charge is -2.22. The third kappa shape index (κ3) is 2.91. The van der Waals surface area contributed by atoms with Crippen molar-refractivity contribution in [1.82, 2.24) is 0 Å². The Balaban J connectivity index is 1.43. The van der Waals surface area contributed by atoms with Gasteiger partial charge in [0.1, 0.15) is 11.5 Å². The molecule has 2 saturated carbocycles. The second-order valence-corrected chi connectivity index (χ2v) is 6.97. The minimum Gasteiger partial charge on any atom is -0.465 e. The van der Waals surface area contributed by atoms with Crippen LogP contribution in [0.5, 0.6) is 11.5 Å². The van der Waals surface area contributed by atoms with Gasteiger partial charge in [-0.1, -0.05) is 18.6 Å². The molecule has 2 aliphatic rings. The molecule has 3 atom stereocenters. The van der Waals surface area contributed by atoms with E-state index in [0.717, 1.165) is 29.3 Å². The molecule has 2 aliphatic carbocycles. The van der Waals surface area contributed by atoms with Gasteiger partial charge in [-0.15, -0.1) is 0 Å². The fourth-order valence-corrected chi connectivity index (χ4v) is 4.35. The summed E-state index contributed by atoms with van der Waals surface area (Å²) in [6.07, 6.45) is 5.62. The number of benzene rings is 2. The van der Waals surface area contributed by atoms with E-state index in [2.05, 4.69) is 24.3 Å². The highest BCUT2D eigenvalue weighted by Crippen LogP contribution is 2.52. The average Bonchev–Trinajstić information content (AvgIpc) is 3.26. The highest BCUT2D eigenvalue weighted by Gasteiger charge is 2.39. The summed E-state index contributed by atoms with van der Waals surface area (Å²) in [5.41, 5.74) is 1.98. The molecule has 124 valence electrons. The van der Waals surface area contributed by atoms with Gasteiger partial charge in [0.05, 0.1) is 12.7 Å². The van der Waals surface area contributed by atoms with E-state index in [4.69, 9.17) is 9.47 Å². The standard InChI is InChI=1S/C21H22O3/c1-23-21(22)16-6-10-19(11-7-16)24-18-8-4-15(5-9-18)20-13-14-2-3-17(20)12-14/h4-11,14,17,20H,2-3,12-13H2,1H3/t14-,17+,20?/m1/s1. The number of hydrogen-bond donors (Lipinski definition) is 0. The average molecular weight is 322 g/mol. The molecular weight excluding hydrogens is 300 g/mol. The molecule has 3 heteroatoms. The molecule has 0 amide bonds. The molecule has 24 heavy (non-hydrogen) atoms. The third-order valence-electron chi connectivity index (χ3n) is 5.56. The van der Waals surface area contributed by atoms with Crippen molar-refractivity contribution in [3.63, 3.8) is 0 Å². The van der Waals surface area contributed by atoms with Crippen LogP contribution in [-0.4, -0.2) is 13.1 Å². The Labute approximate surface area is 142 Å². The van der Waals surface area contributed by atoms with Crippen LogP contribution in [0.3, 0.4) is 0 Å². The normalized spacial score (nSPS) is 24.8. The maximum atomic E-state index is 11.4. The Morgan fingerprint density at radius 3 is 2.12 bits per heavy atom. The minimum atomic E-state index is -0.336. The highest BCUT2D eigenvalue weighted by atomic mass is 16.5. The highest BCUT2D eigenvalue weighted by molar-refractivity contribution is 5.89. The largest absolute Gasteiger partial charge is 0.465 e. The maximum absolute atomic E-state index is 11.4. The molecule has 2 aromatic carbocycles. The molecule has 4 rings (SSSR count). The fourth-order valence-electron chi connectivity index (χ4n) is 4.35. The monoisotopic (exact) mass is 322 g/mol. The van der Waals surface area contributed by atoms with E-state index in [9.17, 15) is 4.79 Å². The molecule has 2 aromatic rings. The van der Waals surface area contributed by atoms with Crippen LogP contribution in [0.15, 0.2) is 48.5 Å². The summed E-state index contributed by atoms with van der Waals surface area (Å²) in [7, 11) is 1.38. The Morgan fingerprint density at radius 2 is 1.58 bits per heavy atom. The lowest BCUT2D eigenvalue weighted by molar-refractivity contribution is 0.0600. The number of esters is 1. The zero-order valence-corrected chi connectivity index (χ0v) is 13.9. The van der Waals surface area contributed by atoms with Crippen LogP contribution in [0.4, 0.5) is 0 Å². The van der Waals surface area contributed by atoms with E-state index in [1.165, 1.54) is 38.4 Å². The molecule has 0 saturated heterocycles. The first-order valence-corrected chi connectivity index (χ1v) is 8.69. The second-order valence-electron chi connectivity index (χ2n) is 6.97. The van der Waals surface area contributed by atoms with Gasteiger partial charge < -0.3 is 9.47 Å². The number of carbonyl (C=O) groups is 1. The summed E-state index contributed by atoms with van der Waals surface area (Å²) in [5.74, 6) is 3.81. The Kier molecular flexibility index (Phi) is 4.01. The van der Waals surface area contributed by atoms with Crippen LogP contribution in [-0.2, 0) is 4.74 Å². The molecule has 0 N–H and O–H groups in total. The predicted octanol–water partition coefficient (Wildman–Crippen LogP) is 5.17. The molecule has 0 aromatic heterocycles. The smallest absolute Gasteiger partial charge is 0.337 e. The number of rotatable bonds is 4. The van der Waals surface area contributed by atoms with Crippen molar-refractivity contribution in [3.8, 4) is 11.5 Å². The molecule has 3 nitrogen and oxygen atoms in total. The first kappa shape index (κ1) is 15.3. The van der Waals surface area contributed by atoms with Gasteiger partial charge in [0.2, 0.25) is 0 Å². The van der Waals surface area contributed by atoms with Crippen molar-refractivity contribution in [2.45, 2.75) is 31.6 Å². The zero-order valence-electron chi connectivity index (χ0n) is 13.9. The van der Waals surface area contributed by atoms with Crippen molar-refractivity contribution >= 4 is 5.97 Å². The minimum absolute atomic E-state index is 0.336. The second kappa shape index (κ2) is 6.31. The van der Waals surface area contributed by atoms with E-state index < -0.39 is 0 Å². The first-order valence-electron chi connectivity index (χ1n) is 8.69. The van der Waals surface area contributed by atoms with Crippen LogP contribution in [0.25, 0.3) is 0 Å². The van der Waals surface area contributed by atoms with E-state index in [-0.39, 0.29) is 5.97 Å². The van der Waals surface area contributed by atoms with Crippen LogP contribution < -0.4 is 4.74 Å². The van der Waals surface area contributed by atoms with Crippen molar-refractivity contribution in [3.05, 3.63) is 59.7 Å². The van der Waals surface area contributed by atoms with Gasteiger partial charge in [0.25, 0.3) is 0 Å². The van der Waals surface area contributed by atoms with E-state index >= 15 is 0 Å². The first-order chi connectivity index (χ1) is 11.7. The molecule has 0 aliphatic heterocycles. The number of methoxy groups -OCH3 is 1. The van der Waals surface area contributed by atoms with Gasteiger partial charge in [-0.25, -0.2) is 4.79 Å². The van der Waals surface area contributed by atoms with E-state index in [1.807, 2.05) is 0 Å². The summed E-state index contributed by atoms with van der Waals surface area (Å²) in [6, 6.07) is 15.5. The Bertz CT molecular complexity index is 718. The van der Waals surface area contributed by atoms with Gasteiger partial charge >= 0.3 is 5.97 Å². The number of carbonyl (C=O) groups excluding carboxylic acids is 1.